The standard InChI is InChI=1S/C14H12N4O3/c15-7-10-5-8(3-4-16-10)13(19)17-9-1-2-12-11(6-9)18-14(20)21-12/h1-6H,7,15H2,(H,17,19)(H,18,20). The number of nitrogens with one attached hydrogen (secondary N) is 2. The number of hydrogen-bond donors (Lipinski definition) is 3. The van der Waals surface area contributed by atoms with E-state index >= 15 is 0 Å². The molecule has 0 unspecified atom stereocenters. The van der Waals surface area contributed by atoms with Crippen LogP contribution in [0.25, 0.3) is 11.1 Å². The predicted octanol–water partition coefficient (Wildman–Crippen LogP) is 1.23. The summed E-state index contributed by atoms with van der Waals surface area (Å²) < 4.78 is 4.90. The van der Waals surface area contributed by atoms with Crippen molar-refractivity contribution in [1.82, 2.24) is 9.97 Å². The molecule has 0 radical (unpaired) electrons. The van der Waals surface area contributed by atoms with Crippen molar-refractivity contribution in [3.05, 3.63) is 58.3 Å². The summed E-state index contributed by atoms with van der Waals surface area (Å²) in [6, 6.07) is 8.13. The van der Waals surface area contributed by atoms with Gasteiger partial charge < -0.3 is 15.5 Å². The van der Waals surface area contributed by atoms with E-state index in [0.29, 0.717) is 28.0 Å². The average molecular weight is 284 g/mol. The highest BCUT2D eigenvalue weighted by Gasteiger charge is 2.08. The van der Waals surface area contributed by atoms with Gasteiger partial charge in [0.05, 0.1) is 11.2 Å². The van der Waals surface area contributed by atoms with Gasteiger partial charge in [-0.3, -0.25) is 14.8 Å². The van der Waals surface area contributed by atoms with E-state index in [9.17, 15) is 9.59 Å². The maximum Gasteiger partial charge on any atom is 0.417 e. The minimum atomic E-state index is -0.532. The van der Waals surface area contributed by atoms with Gasteiger partial charge in [-0.25, -0.2) is 4.79 Å². The van der Waals surface area contributed by atoms with Gasteiger partial charge in [0, 0.05) is 24.0 Å². The number of pyridine rings is 1. The van der Waals surface area contributed by atoms with Crippen molar-refractivity contribution in [1.29, 1.82) is 0 Å². The second kappa shape index (κ2) is 5.22. The Morgan fingerprint density at radius 1 is 1.33 bits per heavy atom. The fraction of sp³-hybridized carbons (Fsp3) is 0.0714. The molecule has 1 aromatic carbocycles. The Balaban J connectivity index is 1.86. The largest absolute Gasteiger partial charge is 0.417 e. The molecular weight excluding hydrogens is 272 g/mol. The summed E-state index contributed by atoms with van der Waals surface area (Å²) in [6.07, 6.45) is 1.54. The number of oxazole rings is 1. The summed E-state index contributed by atoms with van der Waals surface area (Å²) in [6.45, 7) is 0.267. The predicted molar refractivity (Wildman–Crippen MR) is 76.9 cm³/mol. The normalized spacial score (nSPS) is 10.7. The number of aromatic amines is 1. The van der Waals surface area contributed by atoms with Crippen LogP contribution < -0.4 is 16.8 Å². The number of carbonyl (C=O) groups is 1. The lowest BCUT2D eigenvalue weighted by atomic mass is 10.2. The summed E-state index contributed by atoms with van der Waals surface area (Å²) in [5.41, 5.74) is 8.11. The van der Waals surface area contributed by atoms with Crippen LogP contribution in [-0.2, 0) is 6.54 Å². The number of rotatable bonds is 3. The highest BCUT2D eigenvalue weighted by molar-refractivity contribution is 6.04. The number of anilines is 1. The maximum absolute atomic E-state index is 12.1. The lowest BCUT2D eigenvalue weighted by molar-refractivity contribution is 0.102. The zero-order valence-electron chi connectivity index (χ0n) is 10.9. The first-order valence-electron chi connectivity index (χ1n) is 6.25. The minimum absolute atomic E-state index is 0.267. The number of benzene rings is 1. The third-order valence-corrected chi connectivity index (χ3v) is 2.96. The molecule has 4 N–H and O–H groups in total. The number of aromatic nitrogens is 2. The monoisotopic (exact) mass is 284 g/mol. The van der Waals surface area contributed by atoms with Crippen LogP contribution in [0.1, 0.15) is 16.1 Å². The highest BCUT2D eigenvalue weighted by Crippen LogP contribution is 2.17. The lowest BCUT2D eigenvalue weighted by Gasteiger charge is -2.06. The Labute approximate surface area is 118 Å². The second-order valence-corrected chi connectivity index (χ2v) is 4.42. The highest BCUT2D eigenvalue weighted by atomic mass is 16.4. The zero-order chi connectivity index (χ0) is 14.8. The number of nitrogens with zero attached hydrogens (tertiary/aromatic N) is 1. The van der Waals surface area contributed by atoms with E-state index in [4.69, 9.17) is 10.2 Å². The van der Waals surface area contributed by atoms with Crippen molar-refractivity contribution >= 4 is 22.7 Å². The van der Waals surface area contributed by atoms with Crippen molar-refractivity contribution in [3.63, 3.8) is 0 Å². The molecule has 0 aliphatic heterocycles. The molecule has 3 rings (SSSR count). The molecule has 7 nitrogen and oxygen atoms in total. The summed E-state index contributed by atoms with van der Waals surface area (Å²) in [5.74, 6) is -0.813. The molecule has 0 aliphatic rings. The molecule has 2 aromatic heterocycles. The van der Waals surface area contributed by atoms with Gasteiger partial charge in [0.1, 0.15) is 0 Å². The maximum atomic E-state index is 12.1. The number of fused-ring (bicyclic) bond motifs is 1. The van der Waals surface area contributed by atoms with Crippen molar-refractivity contribution in [2.75, 3.05) is 5.32 Å². The third-order valence-electron chi connectivity index (χ3n) is 2.96. The van der Waals surface area contributed by atoms with E-state index in [1.54, 1.807) is 30.3 Å². The molecule has 3 aromatic rings. The van der Waals surface area contributed by atoms with Gasteiger partial charge in [-0.05, 0) is 30.3 Å². The molecule has 0 atom stereocenters. The molecule has 2 heterocycles. The molecule has 0 spiro atoms. The van der Waals surface area contributed by atoms with Crippen LogP contribution in [0.2, 0.25) is 0 Å². The first kappa shape index (κ1) is 13.1. The van der Waals surface area contributed by atoms with Crippen LogP contribution in [0, 0.1) is 0 Å². The van der Waals surface area contributed by atoms with E-state index in [1.165, 1.54) is 6.20 Å². The van der Waals surface area contributed by atoms with Crippen LogP contribution in [0.15, 0.2) is 45.7 Å². The summed E-state index contributed by atoms with van der Waals surface area (Å²) >= 11 is 0. The molecule has 21 heavy (non-hydrogen) atoms. The van der Waals surface area contributed by atoms with E-state index in [0.717, 1.165) is 0 Å². The summed E-state index contributed by atoms with van der Waals surface area (Å²) in [5, 5.41) is 2.74. The molecule has 1 amide bonds. The first-order chi connectivity index (χ1) is 10.2. The number of carbonyl (C=O) groups excluding carboxylic acids is 1. The number of hydrogen-bond acceptors (Lipinski definition) is 5. The molecule has 0 fully saturated rings. The number of amides is 1. The van der Waals surface area contributed by atoms with Crippen molar-refractivity contribution in [3.8, 4) is 0 Å². The topological polar surface area (TPSA) is 114 Å². The Hall–Kier alpha value is -2.93. The molecule has 106 valence electrons. The number of nitrogens with two attached hydrogens (primary N) is 1. The smallest absolute Gasteiger partial charge is 0.408 e. The van der Waals surface area contributed by atoms with Gasteiger partial charge in [0.15, 0.2) is 5.58 Å². The van der Waals surface area contributed by atoms with Gasteiger partial charge in [-0.15, -0.1) is 0 Å². The van der Waals surface area contributed by atoms with E-state index in [-0.39, 0.29) is 12.5 Å². The van der Waals surface area contributed by atoms with Crippen LogP contribution in [-0.4, -0.2) is 15.9 Å². The van der Waals surface area contributed by atoms with Gasteiger partial charge in [0.25, 0.3) is 5.91 Å². The quantitative estimate of drug-likeness (QED) is 0.669. The lowest BCUT2D eigenvalue weighted by Crippen LogP contribution is -2.13. The Morgan fingerprint density at radius 3 is 3.00 bits per heavy atom. The Kier molecular flexibility index (Phi) is 3.25. The second-order valence-electron chi connectivity index (χ2n) is 4.42. The van der Waals surface area contributed by atoms with Crippen molar-refractivity contribution < 1.29 is 9.21 Å². The van der Waals surface area contributed by atoms with Gasteiger partial charge in [0.2, 0.25) is 0 Å². The zero-order valence-corrected chi connectivity index (χ0v) is 10.9. The average Bonchev–Trinajstić information content (AvgIpc) is 2.86. The molecule has 0 bridgehead atoms. The third kappa shape index (κ3) is 2.67. The molecule has 0 saturated carbocycles. The van der Waals surface area contributed by atoms with Gasteiger partial charge >= 0.3 is 5.76 Å². The molecule has 7 heteroatoms. The van der Waals surface area contributed by atoms with Gasteiger partial charge in [-0.1, -0.05) is 0 Å². The molecular formula is C14H12N4O3. The van der Waals surface area contributed by atoms with Gasteiger partial charge in [-0.2, -0.15) is 0 Å². The van der Waals surface area contributed by atoms with Crippen LogP contribution in [0.3, 0.4) is 0 Å². The van der Waals surface area contributed by atoms with Crippen LogP contribution >= 0.6 is 0 Å². The molecule has 0 aliphatic carbocycles. The van der Waals surface area contributed by atoms with E-state index in [1.807, 2.05) is 0 Å². The van der Waals surface area contributed by atoms with Crippen molar-refractivity contribution in [2.24, 2.45) is 5.73 Å². The fourth-order valence-corrected chi connectivity index (χ4v) is 1.96. The van der Waals surface area contributed by atoms with Crippen LogP contribution in [0.5, 0.6) is 0 Å². The fourth-order valence-electron chi connectivity index (χ4n) is 1.96. The van der Waals surface area contributed by atoms with E-state index in [2.05, 4.69) is 15.3 Å². The minimum Gasteiger partial charge on any atom is -0.408 e. The Bertz CT molecular complexity index is 866. The summed E-state index contributed by atoms with van der Waals surface area (Å²) in [7, 11) is 0. The number of H-pyrrole nitrogens is 1. The van der Waals surface area contributed by atoms with E-state index < -0.39 is 5.76 Å². The SMILES string of the molecule is NCc1cc(C(=O)Nc2ccc3oc(=O)[nH]c3c2)ccn1. The van der Waals surface area contributed by atoms with Crippen LogP contribution in [0.4, 0.5) is 5.69 Å². The van der Waals surface area contributed by atoms with Crippen molar-refractivity contribution in [2.45, 2.75) is 6.54 Å². The molecule has 0 saturated heterocycles. The Morgan fingerprint density at radius 2 is 2.19 bits per heavy atom. The summed E-state index contributed by atoms with van der Waals surface area (Å²) in [4.78, 5) is 29.8. The first-order valence-corrected chi connectivity index (χ1v) is 6.25.